The summed E-state index contributed by atoms with van der Waals surface area (Å²) in [4.78, 5) is 2.43. The normalized spacial score (nSPS) is 28.2. The van der Waals surface area contributed by atoms with Gasteiger partial charge in [0.05, 0.1) is 5.69 Å². The fraction of sp³-hybridized carbons (Fsp3) is 0.727. The van der Waals surface area contributed by atoms with Gasteiger partial charge in [0, 0.05) is 38.9 Å². The van der Waals surface area contributed by atoms with E-state index in [1.165, 1.54) is 5.69 Å². The topological polar surface area (TPSA) is 47.1 Å². The van der Waals surface area contributed by atoms with E-state index in [4.69, 9.17) is 5.73 Å². The molecule has 1 fully saturated rings. The predicted octanol–water partition coefficient (Wildman–Crippen LogP) is 0.589. The molecule has 2 heterocycles. The van der Waals surface area contributed by atoms with Crippen LogP contribution in [0.15, 0.2) is 12.3 Å². The average Bonchev–Trinajstić information content (AvgIpc) is 2.50. The van der Waals surface area contributed by atoms with E-state index in [9.17, 15) is 0 Å². The highest BCUT2D eigenvalue weighted by Gasteiger charge is 2.22. The van der Waals surface area contributed by atoms with Crippen LogP contribution in [0.2, 0.25) is 0 Å². The van der Waals surface area contributed by atoms with Crippen LogP contribution in [-0.2, 0) is 13.6 Å². The summed E-state index contributed by atoms with van der Waals surface area (Å²) in [7, 11) is 1.99. The molecule has 0 aliphatic carbocycles. The molecule has 1 aliphatic heterocycles. The van der Waals surface area contributed by atoms with Crippen molar-refractivity contribution in [1.29, 1.82) is 0 Å². The molecule has 1 aromatic rings. The molecule has 2 rings (SSSR count). The highest BCUT2D eigenvalue weighted by atomic mass is 15.3. The van der Waals surface area contributed by atoms with E-state index in [2.05, 4.69) is 23.0 Å². The number of rotatable bonds is 2. The number of hydrogen-bond acceptors (Lipinski definition) is 3. The van der Waals surface area contributed by atoms with Crippen molar-refractivity contribution in [3.8, 4) is 0 Å². The van der Waals surface area contributed by atoms with Crippen molar-refractivity contribution in [1.82, 2.24) is 14.7 Å². The summed E-state index contributed by atoms with van der Waals surface area (Å²) in [6.07, 6.45) is 3.00. The molecule has 2 unspecified atom stereocenters. The molecule has 0 radical (unpaired) electrons. The van der Waals surface area contributed by atoms with E-state index in [1.54, 1.807) is 0 Å². The molecule has 2 atom stereocenters. The van der Waals surface area contributed by atoms with Gasteiger partial charge in [-0.1, -0.05) is 6.92 Å². The third kappa shape index (κ3) is 2.58. The van der Waals surface area contributed by atoms with Gasteiger partial charge in [0.2, 0.25) is 0 Å². The Morgan fingerprint density at radius 2 is 2.33 bits per heavy atom. The Labute approximate surface area is 91.1 Å². The molecule has 1 aliphatic rings. The first kappa shape index (κ1) is 10.6. The Balaban J connectivity index is 1.97. The summed E-state index contributed by atoms with van der Waals surface area (Å²) in [5, 5.41) is 4.18. The first-order valence-corrected chi connectivity index (χ1v) is 5.60. The molecule has 0 saturated carbocycles. The number of aromatic nitrogens is 2. The lowest BCUT2D eigenvalue weighted by Crippen LogP contribution is -2.45. The fourth-order valence-electron chi connectivity index (χ4n) is 2.43. The van der Waals surface area contributed by atoms with E-state index in [0.29, 0.717) is 12.0 Å². The SMILES string of the molecule is CC1CC(N)CN(Cc2ccnn2C)C1. The first-order valence-electron chi connectivity index (χ1n) is 5.60. The Morgan fingerprint density at radius 3 is 2.93 bits per heavy atom. The van der Waals surface area contributed by atoms with E-state index < -0.39 is 0 Å². The van der Waals surface area contributed by atoms with Crippen LogP contribution in [0, 0.1) is 5.92 Å². The molecule has 1 aromatic heterocycles. The predicted molar refractivity (Wildman–Crippen MR) is 60.2 cm³/mol. The Bertz CT molecular complexity index is 310. The molecular weight excluding hydrogens is 188 g/mol. The summed E-state index contributed by atoms with van der Waals surface area (Å²) in [6.45, 7) is 5.40. The molecule has 84 valence electrons. The zero-order valence-electron chi connectivity index (χ0n) is 9.56. The molecule has 15 heavy (non-hydrogen) atoms. The van der Waals surface area contributed by atoms with Gasteiger partial charge in [-0.3, -0.25) is 9.58 Å². The minimum absolute atomic E-state index is 0.335. The van der Waals surface area contributed by atoms with Crippen LogP contribution in [0.25, 0.3) is 0 Å². The molecule has 0 bridgehead atoms. The highest BCUT2D eigenvalue weighted by molar-refractivity contribution is 5.00. The molecule has 0 spiro atoms. The molecule has 0 aromatic carbocycles. The summed E-state index contributed by atoms with van der Waals surface area (Å²) in [6, 6.07) is 2.41. The second kappa shape index (κ2) is 4.33. The van der Waals surface area contributed by atoms with E-state index in [-0.39, 0.29) is 0 Å². The fourth-order valence-corrected chi connectivity index (χ4v) is 2.43. The third-order valence-corrected chi connectivity index (χ3v) is 3.08. The molecule has 4 nitrogen and oxygen atoms in total. The van der Waals surface area contributed by atoms with Gasteiger partial charge in [-0.15, -0.1) is 0 Å². The minimum Gasteiger partial charge on any atom is -0.327 e. The maximum absolute atomic E-state index is 6.02. The van der Waals surface area contributed by atoms with E-state index in [0.717, 1.165) is 26.1 Å². The van der Waals surface area contributed by atoms with Gasteiger partial charge in [-0.25, -0.2) is 0 Å². The van der Waals surface area contributed by atoms with E-state index in [1.807, 2.05) is 17.9 Å². The lowest BCUT2D eigenvalue weighted by molar-refractivity contribution is 0.155. The van der Waals surface area contributed by atoms with Crippen molar-refractivity contribution in [2.45, 2.75) is 25.9 Å². The Hall–Kier alpha value is -0.870. The summed E-state index contributed by atoms with van der Waals surface area (Å²) < 4.78 is 1.94. The quantitative estimate of drug-likeness (QED) is 0.774. The number of aryl methyl sites for hydroxylation is 1. The van der Waals surface area contributed by atoms with Crippen molar-refractivity contribution in [3.63, 3.8) is 0 Å². The van der Waals surface area contributed by atoms with Gasteiger partial charge in [-0.05, 0) is 18.4 Å². The summed E-state index contributed by atoms with van der Waals surface area (Å²) in [5.74, 6) is 0.710. The standard InChI is InChI=1S/C11H20N4/c1-9-5-10(12)7-15(6-9)8-11-3-4-13-14(11)2/h3-4,9-10H,5-8,12H2,1-2H3. The number of likely N-dealkylation sites (tertiary alicyclic amines) is 1. The van der Waals surface area contributed by atoms with Crippen molar-refractivity contribution < 1.29 is 0 Å². The second-order valence-corrected chi connectivity index (χ2v) is 4.74. The smallest absolute Gasteiger partial charge is 0.0521 e. The Kier molecular flexibility index (Phi) is 3.07. The van der Waals surface area contributed by atoms with Gasteiger partial charge < -0.3 is 5.73 Å². The minimum atomic E-state index is 0.335. The Morgan fingerprint density at radius 1 is 1.53 bits per heavy atom. The van der Waals surface area contributed by atoms with E-state index >= 15 is 0 Å². The third-order valence-electron chi connectivity index (χ3n) is 3.08. The maximum atomic E-state index is 6.02. The largest absolute Gasteiger partial charge is 0.327 e. The van der Waals surface area contributed by atoms with Crippen LogP contribution >= 0.6 is 0 Å². The second-order valence-electron chi connectivity index (χ2n) is 4.74. The summed E-state index contributed by atoms with van der Waals surface area (Å²) in [5.41, 5.74) is 7.28. The van der Waals surface area contributed by atoms with Gasteiger partial charge in [0.1, 0.15) is 0 Å². The van der Waals surface area contributed by atoms with Gasteiger partial charge in [-0.2, -0.15) is 5.10 Å². The molecule has 0 amide bonds. The van der Waals surface area contributed by atoms with Crippen LogP contribution < -0.4 is 5.73 Å². The van der Waals surface area contributed by atoms with Crippen molar-refractivity contribution in [3.05, 3.63) is 18.0 Å². The number of nitrogens with zero attached hydrogens (tertiary/aromatic N) is 3. The van der Waals surface area contributed by atoms with Crippen LogP contribution in [0.3, 0.4) is 0 Å². The van der Waals surface area contributed by atoms with Crippen LogP contribution in [0.5, 0.6) is 0 Å². The lowest BCUT2D eigenvalue weighted by atomic mass is 9.96. The zero-order valence-corrected chi connectivity index (χ0v) is 9.56. The number of piperidine rings is 1. The number of hydrogen-bond donors (Lipinski definition) is 1. The molecule has 4 heteroatoms. The first-order chi connectivity index (χ1) is 7.15. The van der Waals surface area contributed by atoms with Gasteiger partial charge in [0.25, 0.3) is 0 Å². The molecule has 1 saturated heterocycles. The maximum Gasteiger partial charge on any atom is 0.0521 e. The van der Waals surface area contributed by atoms with Crippen LogP contribution in [0.1, 0.15) is 19.0 Å². The summed E-state index contributed by atoms with van der Waals surface area (Å²) >= 11 is 0. The van der Waals surface area contributed by atoms with Crippen molar-refractivity contribution >= 4 is 0 Å². The molecule has 2 N–H and O–H groups in total. The van der Waals surface area contributed by atoms with Crippen LogP contribution in [0.4, 0.5) is 0 Å². The number of nitrogens with two attached hydrogens (primary N) is 1. The lowest BCUT2D eigenvalue weighted by Gasteiger charge is -2.34. The zero-order chi connectivity index (χ0) is 10.8. The van der Waals surface area contributed by atoms with Gasteiger partial charge in [0.15, 0.2) is 0 Å². The monoisotopic (exact) mass is 208 g/mol. The highest BCUT2D eigenvalue weighted by Crippen LogP contribution is 2.16. The van der Waals surface area contributed by atoms with Crippen molar-refractivity contribution in [2.24, 2.45) is 18.7 Å². The van der Waals surface area contributed by atoms with Crippen molar-refractivity contribution in [2.75, 3.05) is 13.1 Å². The molecular formula is C11H20N4. The van der Waals surface area contributed by atoms with Gasteiger partial charge >= 0.3 is 0 Å². The average molecular weight is 208 g/mol. The van der Waals surface area contributed by atoms with Crippen LogP contribution in [-0.4, -0.2) is 33.8 Å².